The lowest BCUT2D eigenvalue weighted by Gasteiger charge is -2.32. The van der Waals surface area contributed by atoms with Crippen molar-refractivity contribution in [1.29, 1.82) is 0 Å². The number of piperidine rings is 1. The molecule has 2 atom stereocenters. The molecule has 1 saturated heterocycles. The van der Waals surface area contributed by atoms with E-state index in [0.717, 1.165) is 31.5 Å². The monoisotopic (exact) mass is 359 g/mol. The van der Waals surface area contributed by atoms with Crippen LogP contribution in [0.3, 0.4) is 0 Å². The summed E-state index contributed by atoms with van der Waals surface area (Å²) in [6, 6.07) is 5.63. The number of likely N-dealkylation sites (N-methyl/N-ethyl adjacent to an activating group) is 1. The highest BCUT2D eigenvalue weighted by Gasteiger charge is 2.31. The molecule has 8 heteroatoms. The van der Waals surface area contributed by atoms with E-state index in [-0.39, 0.29) is 17.7 Å². The Morgan fingerprint density at radius 1 is 1.36 bits per heavy atom. The fourth-order valence-corrected chi connectivity index (χ4v) is 2.97. The highest BCUT2D eigenvalue weighted by Crippen LogP contribution is 2.24. The van der Waals surface area contributed by atoms with Crippen molar-refractivity contribution < 1.29 is 22.7 Å². The second-order valence-corrected chi connectivity index (χ2v) is 6.27. The number of benzene rings is 1. The Bertz CT molecular complexity index is 563. The zero-order chi connectivity index (χ0) is 18.4. The van der Waals surface area contributed by atoms with E-state index < -0.39 is 6.36 Å². The smallest absolute Gasteiger partial charge is 0.406 e. The summed E-state index contributed by atoms with van der Waals surface area (Å²) in [4.78, 5) is 14.3. The summed E-state index contributed by atoms with van der Waals surface area (Å²) < 4.78 is 40.3. The van der Waals surface area contributed by atoms with E-state index in [1.165, 1.54) is 24.3 Å². The Morgan fingerprint density at radius 3 is 2.64 bits per heavy atom. The number of nitrogens with one attached hydrogen (secondary N) is 2. The van der Waals surface area contributed by atoms with Crippen molar-refractivity contribution in [1.82, 2.24) is 15.5 Å². The van der Waals surface area contributed by atoms with Crippen LogP contribution in [0.15, 0.2) is 24.3 Å². The number of carbonyl (C=O) groups is 1. The predicted octanol–water partition coefficient (Wildman–Crippen LogP) is 2.45. The van der Waals surface area contributed by atoms with E-state index in [1.54, 1.807) is 6.92 Å². The lowest BCUT2D eigenvalue weighted by atomic mass is 10.1. The van der Waals surface area contributed by atoms with Gasteiger partial charge in [0.25, 0.3) is 0 Å². The number of amides is 1. The predicted molar refractivity (Wildman–Crippen MR) is 88.2 cm³/mol. The maximum absolute atomic E-state index is 12.2. The summed E-state index contributed by atoms with van der Waals surface area (Å²) in [5, 5.41) is 6.11. The fourth-order valence-electron chi connectivity index (χ4n) is 2.97. The van der Waals surface area contributed by atoms with Gasteiger partial charge in [0, 0.05) is 12.6 Å². The summed E-state index contributed by atoms with van der Waals surface area (Å²) in [6.45, 7) is 3.84. The number of carbonyl (C=O) groups excluding carboxylic acids is 1. The molecule has 1 amide bonds. The first-order chi connectivity index (χ1) is 11.8. The topological polar surface area (TPSA) is 53.6 Å². The first-order valence-electron chi connectivity index (χ1n) is 8.31. The van der Waals surface area contributed by atoms with Gasteiger partial charge in [-0.25, -0.2) is 0 Å². The van der Waals surface area contributed by atoms with E-state index in [4.69, 9.17) is 0 Å². The average Bonchev–Trinajstić information content (AvgIpc) is 2.54. The van der Waals surface area contributed by atoms with Gasteiger partial charge in [-0.05, 0) is 51.1 Å². The van der Waals surface area contributed by atoms with Gasteiger partial charge in [0.2, 0.25) is 5.91 Å². The van der Waals surface area contributed by atoms with Gasteiger partial charge >= 0.3 is 6.36 Å². The van der Waals surface area contributed by atoms with Crippen LogP contribution in [0.1, 0.15) is 31.4 Å². The summed E-state index contributed by atoms with van der Waals surface area (Å²) >= 11 is 0. The van der Waals surface area contributed by atoms with Gasteiger partial charge in [0.05, 0.1) is 12.6 Å². The van der Waals surface area contributed by atoms with Crippen molar-refractivity contribution in [2.24, 2.45) is 0 Å². The first kappa shape index (κ1) is 19.5. The standard InChI is InChI=1S/C17H24F3N3O2/c1-12(13-5-7-15(8-6-13)25-17(18,19)20)22-16(24)11-23-9-3-4-14(10-23)21-2/h5-8,12,14,21H,3-4,9-11H2,1-2H3,(H,22,24). The molecule has 1 aliphatic heterocycles. The van der Waals surface area contributed by atoms with Crippen LogP contribution < -0.4 is 15.4 Å². The summed E-state index contributed by atoms with van der Waals surface area (Å²) in [5.41, 5.74) is 0.717. The molecule has 0 saturated carbocycles. The van der Waals surface area contributed by atoms with Gasteiger partial charge in [-0.2, -0.15) is 0 Å². The lowest BCUT2D eigenvalue weighted by Crippen LogP contribution is -2.48. The minimum Gasteiger partial charge on any atom is -0.406 e. The lowest BCUT2D eigenvalue weighted by molar-refractivity contribution is -0.274. The molecule has 1 fully saturated rings. The van der Waals surface area contributed by atoms with Crippen LogP contribution in [-0.2, 0) is 4.79 Å². The van der Waals surface area contributed by atoms with Crippen molar-refractivity contribution in [2.45, 2.75) is 38.2 Å². The van der Waals surface area contributed by atoms with Crippen LogP contribution in [0.5, 0.6) is 5.75 Å². The van der Waals surface area contributed by atoms with E-state index in [0.29, 0.717) is 12.6 Å². The van der Waals surface area contributed by atoms with Crippen LogP contribution in [-0.4, -0.2) is 49.9 Å². The van der Waals surface area contributed by atoms with Gasteiger partial charge < -0.3 is 15.4 Å². The van der Waals surface area contributed by atoms with Crippen molar-refractivity contribution in [3.8, 4) is 5.75 Å². The molecular formula is C17H24F3N3O2. The number of halogens is 3. The molecule has 0 bridgehead atoms. The molecule has 1 aromatic carbocycles. The number of rotatable bonds is 6. The summed E-state index contributed by atoms with van der Waals surface area (Å²) in [6.07, 6.45) is -2.55. The fraction of sp³-hybridized carbons (Fsp3) is 0.588. The quantitative estimate of drug-likeness (QED) is 0.819. The van der Waals surface area contributed by atoms with Crippen molar-refractivity contribution in [3.63, 3.8) is 0 Å². The molecule has 1 aliphatic rings. The molecule has 2 unspecified atom stereocenters. The normalized spacial score (nSPS) is 20.1. The molecule has 25 heavy (non-hydrogen) atoms. The zero-order valence-corrected chi connectivity index (χ0v) is 14.4. The Balaban J connectivity index is 1.84. The number of alkyl halides is 3. The average molecular weight is 359 g/mol. The molecule has 1 heterocycles. The Labute approximate surface area is 145 Å². The molecule has 2 rings (SSSR count). The third-order valence-electron chi connectivity index (χ3n) is 4.27. The van der Waals surface area contributed by atoms with Gasteiger partial charge in [0.15, 0.2) is 0 Å². The van der Waals surface area contributed by atoms with Crippen LogP contribution in [0.25, 0.3) is 0 Å². The van der Waals surface area contributed by atoms with Crippen LogP contribution in [0.2, 0.25) is 0 Å². The van der Waals surface area contributed by atoms with E-state index in [2.05, 4.69) is 20.3 Å². The number of nitrogens with zero attached hydrogens (tertiary/aromatic N) is 1. The summed E-state index contributed by atoms with van der Waals surface area (Å²) in [7, 11) is 1.92. The largest absolute Gasteiger partial charge is 0.573 e. The highest BCUT2D eigenvalue weighted by molar-refractivity contribution is 5.78. The second kappa shape index (κ2) is 8.53. The number of hydrogen-bond donors (Lipinski definition) is 2. The zero-order valence-electron chi connectivity index (χ0n) is 14.4. The Morgan fingerprint density at radius 2 is 2.04 bits per heavy atom. The van der Waals surface area contributed by atoms with E-state index >= 15 is 0 Å². The Hall–Kier alpha value is -1.80. The third-order valence-corrected chi connectivity index (χ3v) is 4.27. The molecule has 0 aliphatic carbocycles. The Kier molecular flexibility index (Phi) is 6.66. The van der Waals surface area contributed by atoms with Gasteiger partial charge in [0.1, 0.15) is 5.75 Å². The minimum absolute atomic E-state index is 0.0973. The second-order valence-electron chi connectivity index (χ2n) is 6.27. The van der Waals surface area contributed by atoms with E-state index in [1.807, 2.05) is 7.05 Å². The highest BCUT2D eigenvalue weighted by atomic mass is 19.4. The van der Waals surface area contributed by atoms with Crippen LogP contribution in [0.4, 0.5) is 13.2 Å². The molecule has 0 spiro atoms. The van der Waals surface area contributed by atoms with Crippen LogP contribution >= 0.6 is 0 Å². The molecule has 1 aromatic rings. The van der Waals surface area contributed by atoms with Gasteiger partial charge in [-0.1, -0.05) is 12.1 Å². The molecule has 0 radical (unpaired) electrons. The van der Waals surface area contributed by atoms with Crippen molar-refractivity contribution in [2.75, 3.05) is 26.7 Å². The van der Waals surface area contributed by atoms with Gasteiger partial charge in [-0.3, -0.25) is 9.69 Å². The van der Waals surface area contributed by atoms with Crippen LogP contribution in [0, 0.1) is 0 Å². The third kappa shape index (κ3) is 6.55. The molecule has 5 nitrogen and oxygen atoms in total. The summed E-state index contributed by atoms with van der Waals surface area (Å²) in [5.74, 6) is -0.374. The van der Waals surface area contributed by atoms with E-state index in [9.17, 15) is 18.0 Å². The maximum Gasteiger partial charge on any atom is 0.573 e. The van der Waals surface area contributed by atoms with Gasteiger partial charge in [-0.15, -0.1) is 13.2 Å². The minimum atomic E-state index is -4.71. The SMILES string of the molecule is CNC1CCCN(CC(=O)NC(C)c2ccc(OC(F)(F)F)cc2)C1. The number of hydrogen-bond acceptors (Lipinski definition) is 4. The number of ether oxygens (including phenoxy) is 1. The van der Waals surface area contributed by atoms with Crippen molar-refractivity contribution in [3.05, 3.63) is 29.8 Å². The number of likely N-dealkylation sites (tertiary alicyclic amines) is 1. The molecule has 0 aromatic heterocycles. The maximum atomic E-state index is 12.2. The van der Waals surface area contributed by atoms with Crippen molar-refractivity contribution >= 4 is 5.91 Å². The molecule has 140 valence electrons. The molecular weight excluding hydrogens is 335 g/mol. The first-order valence-corrected chi connectivity index (χ1v) is 8.31. The molecule has 2 N–H and O–H groups in total.